The first-order valence-electron chi connectivity index (χ1n) is 10.1. The highest BCUT2D eigenvalue weighted by molar-refractivity contribution is 6.31. The number of anilines is 1. The molecule has 0 saturated carbocycles. The Morgan fingerprint density at radius 2 is 1.97 bits per heavy atom. The highest BCUT2D eigenvalue weighted by Crippen LogP contribution is 2.19. The summed E-state index contributed by atoms with van der Waals surface area (Å²) in [5.74, 6) is 1.66. The third-order valence-corrected chi connectivity index (χ3v) is 5.31. The number of hydrogen-bond acceptors (Lipinski definition) is 7. The quantitative estimate of drug-likeness (QED) is 0.447. The molecule has 0 aliphatic heterocycles. The SMILES string of the molecule is CNCc1c(C)cc(N)nc1C.Cn1c(C=O)nnc1Cc1ccc2ncc(Cl)cc2c1. The van der Waals surface area contributed by atoms with Crippen LogP contribution in [0.4, 0.5) is 5.82 Å². The topological polar surface area (TPSA) is 112 Å². The number of fused-ring (bicyclic) bond motifs is 1. The first-order chi connectivity index (χ1) is 15.3. The molecule has 3 N–H and O–H groups in total. The van der Waals surface area contributed by atoms with Gasteiger partial charge in [0.1, 0.15) is 11.6 Å². The van der Waals surface area contributed by atoms with Gasteiger partial charge in [-0.25, -0.2) is 4.98 Å². The molecule has 0 aliphatic rings. The third-order valence-electron chi connectivity index (χ3n) is 5.11. The number of aryl methyl sites for hydroxylation is 2. The lowest BCUT2D eigenvalue weighted by Gasteiger charge is -2.08. The van der Waals surface area contributed by atoms with Crippen molar-refractivity contribution in [2.24, 2.45) is 7.05 Å². The Balaban J connectivity index is 0.000000207. The average molecular weight is 452 g/mol. The molecule has 9 heteroatoms. The van der Waals surface area contributed by atoms with Crippen molar-refractivity contribution in [2.45, 2.75) is 26.8 Å². The van der Waals surface area contributed by atoms with E-state index in [1.165, 1.54) is 11.1 Å². The molecule has 0 radical (unpaired) electrons. The molecular formula is C23H26ClN7O. The van der Waals surface area contributed by atoms with E-state index in [9.17, 15) is 4.79 Å². The lowest BCUT2D eigenvalue weighted by atomic mass is 10.1. The zero-order valence-corrected chi connectivity index (χ0v) is 19.3. The Morgan fingerprint density at radius 3 is 2.62 bits per heavy atom. The van der Waals surface area contributed by atoms with Crippen LogP contribution in [0.3, 0.4) is 0 Å². The summed E-state index contributed by atoms with van der Waals surface area (Å²) in [5.41, 5.74) is 11.0. The molecule has 0 fully saturated rings. The lowest BCUT2D eigenvalue weighted by Crippen LogP contribution is -2.10. The highest BCUT2D eigenvalue weighted by atomic mass is 35.5. The first-order valence-corrected chi connectivity index (χ1v) is 10.4. The summed E-state index contributed by atoms with van der Waals surface area (Å²) in [6, 6.07) is 9.72. The van der Waals surface area contributed by atoms with E-state index in [4.69, 9.17) is 17.3 Å². The number of aromatic nitrogens is 5. The number of nitrogens with zero attached hydrogens (tertiary/aromatic N) is 5. The lowest BCUT2D eigenvalue weighted by molar-refractivity contribution is 0.111. The van der Waals surface area contributed by atoms with Gasteiger partial charge < -0.3 is 15.6 Å². The molecule has 1 aromatic carbocycles. The molecule has 0 spiro atoms. The smallest absolute Gasteiger partial charge is 0.196 e. The van der Waals surface area contributed by atoms with E-state index in [1.54, 1.807) is 17.8 Å². The van der Waals surface area contributed by atoms with Crippen LogP contribution in [0.2, 0.25) is 5.02 Å². The number of carbonyl (C=O) groups is 1. The average Bonchev–Trinajstić information content (AvgIpc) is 3.10. The van der Waals surface area contributed by atoms with Crippen LogP contribution < -0.4 is 11.1 Å². The van der Waals surface area contributed by atoms with E-state index >= 15 is 0 Å². The van der Waals surface area contributed by atoms with E-state index in [0.29, 0.717) is 29.4 Å². The van der Waals surface area contributed by atoms with Crippen LogP contribution >= 0.6 is 11.6 Å². The Morgan fingerprint density at radius 1 is 1.19 bits per heavy atom. The van der Waals surface area contributed by atoms with Crippen molar-refractivity contribution < 1.29 is 4.79 Å². The maximum absolute atomic E-state index is 10.8. The molecule has 0 bridgehead atoms. The van der Waals surface area contributed by atoms with Gasteiger partial charge in [-0.2, -0.15) is 0 Å². The fourth-order valence-electron chi connectivity index (χ4n) is 3.41. The number of pyridine rings is 2. The van der Waals surface area contributed by atoms with Crippen LogP contribution in [0, 0.1) is 13.8 Å². The van der Waals surface area contributed by atoms with Crippen LogP contribution in [0.1, 0.15) is 38.8 Å². The summed E-state index contributed by atoms with van der Waals surface area (Å²) in [5, 5.41) is 12.5. The van der Waals surface area contributed by atoms with Gasteiger partial charge in [0.25, 0.3) is 0 Å². The van der Waals surface area contributed by atoms with Crippen molar-refractivity contribution >= 4 is 34.6 Å². The summed E-state index contributed by atoms with van der Waals surface area (Å²) in [7, 11) is 3.70. The minimum absolute atomic E-state index is 0.325. The van der Waals surface area contributed by atoms with Gasteiger partial charge in [-0.3, -0.25) is 9.78 Å². The maximum Gasteiger partial charge on any atom is 0.196 e. The van der Waals surface area contributed by atoms with E-state index in [1.807, 2.05) is 44.3 Å². The molecule has 166 valence electrons. The predicted molar refractivity (Wildman–Crippen MR) is 127 cm³/mol. The van der Waals surface area contributed by atoms with Gasteiger partial charge in [0.05, 0.1) is 10.5 Å². The number of nitrogens with two attached hydrogens (primary N) is 1. The fourth-order valence-corrected chi connectivity index (χ4v) is 3.58. The zero-order chi connectivity index (χ0) is 23.3. The van der Waals surface area contributed by atoms with Crippen LogP contribution in [0.25, 0.3) is 10.9 Å². The molecule has 4 aromatic rings. The second kappa shape index (κ2) is 10.3. The van der Waals surface area contributed by atoms with Crippen molar-refractivity contribution in [3.8, 4) is 0 Å². The molecule has 0 unspecified atom stereocenters. The number of hydrogen-bond donors (Lipinski definition) is 2. The fraction of sp³-hybridized carbons (Fsp3) is 0.261. The molecule has 4 rings (SSSR count). The van der Waals surface area contributed by atoms with Gasteiger partial charge in [0.15, 0.2) is 12.1 Å². The Hall–Kier alpha value is -3.36. The van der Waals surface area contributed by atoms with Gasteiger partial charge >= 0.3 is 0 Å². The summed E-state index contributed by atoms with van der Waals surface area (Å²) in [6.07, 6.45) is 2.92. The monoisotopic (exact) mass is 451 g/mol. The van der Waals surface area contributed by atoms with Crippen LogP contribution in [0.15, 0.2) is 36.5 Å². The first kappa shape index (κ1) is 23.3. The summed E-state index contributed by atoms with van der Waals surface area (Å²) in [6.45, 7) is 4.89. The van der Waals surface area contributed by atoms with Gasteiger partial charge in [0.2, 0.25) is 0 Å². The Labute approximate surface area is 191 Å². The van der Waals surface area contributed by atoms with Crippen LogP contribution in [-0.2, 0) is 20.0 Å². The number of rotatable bonds is 5. The number of aldehydes is 1. The standard InChI is InChI=1S/C14H11ClN4O.C9H15N3/c1-19-13(17-18-14(19)8-20)5-9-2-3-12-10(4-9)6-11(15)7-16-12;1-6-4-9(10)12-7(2)8(6)5-11-3/h2-4,6-8H,5H2,1H3;4,11H,5H2,1-3H3,(H2,10,12). The molecule has 0 aliphatic carbocycles. The Kier molecular flexibility index (Phi) is 7.50. The molecule has 0 saturated heterocycles. The largest absolute Gasteiger partial charge is 0.384 e. The third kappa shape index (κ3) is 5.46. The number of halogens is 1. The Bertz CT molecular complexity index is 1230. The molecule has 8 nitrogen and oxygen atoms in total. The zero-order valence-electron chi connectivity index (χ0n) is 18.6. The molecule has 0 amide bonds. The number of carbonyl (C=O) groups excluding carboxylic acids is 1. The highest BCUT2D eigenvalue weighted by Gasteiger charge is 2.09. The molecule has 0 atom stereocenters. The number of nitrogen functional groups attached to an aromatic ring is 1. The second-order valence-electron chi connectivity index (χ2n) is 7.47. The molecular weight excluding hydrogens is 426 g/mol. The summed E-state index contributed by atoms with van der Waals surface area (Å²) >= 11 is 5.95. The molecule has 3 aromatic heterocycles. The minimum Gasteiger partial charge on any atom is -0.384 e. The predicted octanol–water partition coefficient (Wildman–Crippen LogP) is 3.42. The normalized spacial score (nSPS) is 10.7. The minimum atomic E-state index is 0.325. The van der Waals surface area contributed by atoms with E-state index in [-0.39, 0.29) is 0 Å². The van der Waals surface area contributed by atoms with Crippen LogP contribution in [0.5, 0.6) is 0 Å². The van der Waals surface area contributed by atoms with Gasteiger partial charge in [-0.05, 0) is 61.9 Å². The van der Waals surface area contributed by atoms with Gasteiger partial charge in [-0.1, -0.05) is 17.7 Å². The van der Waals surface area contributed by atoms with Crippen molar-refractivity contribution in [2.75, 3.05) is 12.8 Å². The van der Waals surface area contributed by atoms with Crippen molar-refractivity contribution in [3.63, 3.8) is 0 Å². The van der Waals surface area contributed by atoms with E-state index < -0.39 is 0 Å². The van der Waals surface area contributed by atoms with Gasteiger partial charge in [0, 0.05) is 37.3 Å². The number of benzene rings is 1. The molecule has 32 heavy (non-hydrogen) atoms. The van der Waals surface area contributed by atoms with Crippen LogP contribution in [-0.4, -0.2) is 38.1 Å². The van der Waals surface area contributed by atoms with E-state index in [0.717, 1.165) is 34.5 Å². The summed E-state index contributed by atoms with van der Waals surface area (Å²) in [4.78, 5) is 19.2. The van der Waals surface area contributed by atoms with Gasteiger partial charge in [-0.15, -0.1) is 10.2 Å². The van der Waals surface area contributed by atoms with Crippen molar-refractivity contribution in [1.29, 1.82) is 0 Å². The summed E-state index contributed by atoms with van der Waals surface area (Å²) < 4.78 is 1.69. The van der Waals surface area contributed by atoms with E-state index in [2.05, 4.69) is 32.4 Å². The second-order valence-corrected chi connectivity index (χ2v) is 7.90. The molecule has 3 heterocycles. The maximum atomic E-state index is 10.8. The number of nitrogens with one attached hydrogen (secondary N) is 1. The van der Waals surface area contributed by atoms with Crippen molar-refractivity contribution in [1.82, 2.24) is 30.0 Å². The van der Waals surface area contributed by atoms with Crippen molar-refractivity contribution in [3.05, 3.63) is 75.6 Å².